The Hall–Kier alpha value is -1.92. The predicted octanol–water partition coefficient (Wildman–Crippen LogP) is 2.88. The van der Waals surface area contributed by atoms with Crippen molar-refractivity contribution in [2.45, 2.75) is 25.7 Å². The first-order chi connectivity index (χ1) is 10.6. The molecule has 0 spiro atoms. The Morgan fingerprint density at radius 3 is 2.95 bits per heavy atom. The van der Waals surface area contributed by atoms with E-state index in [0.717, 1.165) is 31.5 Å². The summed E-state index contributed by atoms with van der Waals surface area (Å²) in [5, 5.41) is 16.5. The molecule has 1 amide bonds. The van der Waals surface area contributed by atoms with Gasteiger partial charge < -0.3 is 10.4 Å². The van der Waals surface area contributed by atoms with Crippen LogP contribution in [0.5, 0.6) is 5.75 Å². The standard InChI is InChI=1S/C16H19N3O2S/c1-10-2-3-13(20)12(8-10)15(21)19-16-18-9-14(22-16)11-4-6-17-7-5-11/h2-3,8-9,11,17,20H,4-7H2,1H3,(H,18,19,21). The summed E-state index contributed by atoms with van der Waals surface area (Å²) in [6.45, 7) is 3.94. The molecule has 1 aliphatic heterocycles. The zero-order chi connectivity index (χ0) is 15.5. The van der Waals surface area contributed by atoms with Crippen molar-refractivity contribution >= 4 is 22.4 Å². The second kappa shape index (κ2) is 6.46. The molecule has 2 heterocycles. The zero-order valence-corrected chi connectivity index (χ0v) is 13.2. The van der Waals surface area contributed by atoms with Crippen LogP contribution in [0.4, 0.5) is 5.13 Å². The number of carbonyl (C=O) groups excluding carboxylic acids is 1. The average Bonchev–Trinajstić information content (AvgIpc) is 2.99. The molecule has 3 rings (SSSR count). The van der Waals surface area contributed by atoms with E-state index >= 15 is 0 Å². The van der Waals surface area contributed by atoms with E-state index in [9.17, 15) is 9.90 Å². The zero-order valence-electron chi connectivity index (χ0n) is 12.4. The van der Waals surface area contributed by atoms with Crippen LogP contribution >= 0.6 is 11.3 Å². The lowest BCUT2D eigenvalue weighted by Crippen LogP contribution is -2.26. The third-order valence-electron chi connectivity index (χ3n) is 3.88. The lowest BCUT2D eigenvalue weighted by molar-refractivity contribution is 0.102. The first-order valence-electron chi connectivity index (χ1n) is 7.41. The Labute approximate surface area is 133 Å². The molecule has 0 saturated carbocycles. The Bertz CT molecular complexity index is 678. The minimum atomic E-state index is -0.326. The molecule has 1 aromatic carbocycles. The fourth-order valence-electron chi connectivity index (χ4n) is 2.64. The summed E-state index contributed by atoms with van der Waals surface area (Å²) in [4.78, 5) is 17.8. The highest BCUT2D eigenvalue weighted by atomic mass is 32.1. The SMILES string of the molecule is Cc1ccc(O)c(C(=O)Nc2ncc(C3CCNCC3)s2)c1. The average molecular weight is 317 g/mol. The van der Waals surface area contributed by atoms with Gasteiger partial charge in [0.25, 0.3) is 5.91 Å². The van der Waals surface area contributed by atoms with Crippen LogP contribution < -0.4 is 10.6 Å². The topological polar surface area (TPSA) is 74.2 Å². The molecule has 0 aliphatic carbocycles. The number of benzene rings is 1. The monoisotopic (exact) mass is 317 g/mol. The molecule has 0 atom stereocenters. The van der Waals surface area contributed by atoms with Crippen molar-refractivity contribution in [3.63, 3.8) is 0 Å². The Morgan fingerprint density at radius 1 is 1.41 bits per heavy atom. The largest absolute Gasteiger partial charge is 0.507 e. The van der Waals surface area contributed by atoms with E-state index in [1.165, 1.54) is 22.3 Å². The maximum absolute atomic E-state index is 12.3. The molecule has 1 fully saturated rings. The molecule has 6 heteroatoms. The van der Waals surface area contributed by atoms with Gasteiger partial charge >= 0.3 is 0 Å². The van der Waals surface area contributed by atoms with Crippen molar-refractivity contribution in [2.75, 3.05) is 18.4 Å². The number of piperidine rings is 1. The lowest BCUT2D eigenvalue weighted by atomic mass is 9.97. The van der Waals surface area contributed by atoms with Gasteiger partial charge in [-0.1, -0.05) is 11.6 Å². The molecule has 1 saturated heterocycles. The predicted molar refractivity (Wildman–Crippen MR) is 87.8 cm³/mol. The number of aromatic nitrogens is 1. The van der Waals surface area contributed by atoms with Crippen LogP contribution in [0, 0.1) is 6.92 Å². The summed E-state index contributed by atoms with van der Waals surface area (Å²) < 4.78 is 0. The molecule has 0 radical (unpaired) electrons. The van der Waals surface area contributed by atoms with Crippen molar-refractivity contribution in [1.82, 2.24) is 10.3 Å². The van der Waals surface area contributed by atoms with Gasteiger partial charge in [-0.3, -0.25) is 10.1 Å². The van der Waals surface area contributed by atoms with E-state index in [-0.39, 0.29) is 17.2 Å². The van der Waals surface area contributed by atoms with Crippen LogP contribution in [0.1, 0.15) is 39.6 Å². The van der Waals surface area contributed by atoms with Crippen molar-refractivity contribution in [3.05, 3.63) is 40.4 Å². The minimum Gasteiger partial charge on any atom is -0.507 e. The van der Waals surface area contributed by atoms with Crippen molar-refractivity contribution in [1.29, 1.82) is 0 Å². The number of phenols is 1. The van der Waals surface area contributed by atoms with Crippen LogP contribution in [0.15, 0.2) is 24.4 Å². The van der Waals surface area contributed by atoms with Crippen molar-refractivity contribution in [3.8, 4) is 5.75 Å². The molecule has 3 N–H and O–H groups in total. The number of carbonyl (C=O) groups is 1. The summed E-state index contributed by atoms with van der Waals surface area (Å²) in [7, 11) is 0. The van der Waals surface area contributed by atoms with Gasteiger partial charge in [-0.25, -0.2) is 4.98 Å². The highest BCUT2D eigenvalue weighted by Gasteiger charge is 2.19. The molecule has 22 heavy (non-hydrogen) atoms. The van der Waals surface area contributed by atoms with Gasteiger partial charge in [0, 0.05) is 11.1 Å². The number of hydrogen-bond acceptors (Lipinski definition) is 5. The highest BCUT2D eigenvalue weighted by molar-refractivity contribution is 7.15. The van der Waals surface area contributed by atoms with E-state index in [2.05, 4.69) is 15.6 Å². The van der Waals surface area contributed by atoms with Gasteiger partial charge in [-0.2, -0.15) is 0 Å². The van der Waals surface area contributed by atoms with Crippen molar-refractivity contribution < 1.29 is 9.90 Å². The summed E-state index contributed by atoms with van der Waals surface area (Å²) in [5.74, 6) is 0.183. The number of nitrogens with one attached hydrogen (secondary N) is 2. The molecule has 1 aromatic heterocycles. The first kappa shape index (κ1) is 15.0. The molecule has 0 bridgehead atoms. The third kappa shape index (κ3) is 3.28. The first-order valence-corrected chi connectivity index (χ1v) is 8.22. The fraction of sp³-hybridized carbons (Fsp3) is 0.375. The number of aromatic hydroxyl groups is 1. The molecular formula is C16H19N3O2S. The minimum absolute atomic E-state index is 0.0155. The van der Waals surface area contributed by atoms with Gasteiger partial charge in [0.1, 0.15) is 5.75 Å². The molecular weight excluding hydrogens is 298 g/mol. The van der Waals surface area contributed by atoms with E-state index in [4.69, 9.17) is 0 Å². The summed E-state index contributed by atoms with van der Waals surface area (Å²) >= 11 is 1.52. The molecule has 2 aromatic rings. The molecule has 116 valence electrons. The number of hydrogen-bond donors (Lipinski definition) is 3. The Morgan fingerprint density at radius 2 is 2.18 bits per heavy atom. The smallest absolute Gasteiger partial charge is 0.261 e. The second-order valence-corrected chi connectivity index (χ2v) is 6.63. The number of nitrogens with zero attached hydrogens (tertiary/aromatic N) is 1. The molecule has 5 nitrogen and oxygen atoms in total. The van der Waals surface area contributed by atoms with Gasteiger partial charge in [-0.05, 0) is 50.9 Å². The summed E-state index contributed by atoms with van der Waals surface area (Å²) in [5.41, 5.74) is 1.20. The highest BCUT2D eigenvalue weighted by Crippen LogP contribution is 2.32. The van der Waals surface area contributed by atoms with Crippen LogP contribution in [0.2, 0.25) is 0 Å². The number of aryl methyl sites for hydroxylation is 1. The van der Waals surface area contributed by atoms with E-state index in [1.807, 2.05) is 13.1 Å². The number of amides is 1. The van der Waals surface area contributed by atoms with Gasteiger partial charge in [-0.15, -0.1) is 11.3 Å². The van der Waals surface area contributed by atoms with E-state index in [0.29, 0.717) is 11.0 Å². The number of thiazole rings is 1. The quantitative estimate of drug-likeness (QED) is 0.814. The fourth-order valence-corrected chi connectivity index (χ4v) is 3.62. The van der Waals surface area contributed by atoms with Crippen LogP contribution in [-0.2, 0) is 0 Å². The van der Waals surface area contributed by atoms with Crippen molar-refractivity contribution in [2.24, 2.45) is 0 Å². The number of phenolic OH excluding ortho intramolecular Hbond substituents is 1. The van der Waals surface area contributed by atoms with E-state index in [1.54, 1.807) is 12.1 Å². The number of rotatable bonds is 3. The van der Waals surface area contributed by atoms with Crippen LogP contribution in [0.3, 0.4) is 0 Å². The van der Waals surface area contributed by atoms with Gasteiger partial charge in [0.2, 0.25) is 0 Å². The van der Waals surface area contributed by atoms with Gasteiger partial charge in [0.05, 0.1) is 5.56 Å². The Kier molecular flexibility index (Phi) is 4.40. The summed E-state index contributed by atoms with van der Waals surface area (Å²) in [6, 6.07) is 4.98. The van der Waals surface area contributed by atoms with Gasteiger partial charge in [0.15, 0.2) is 5.13 Å². The lowest BCUT2D eigenvalue weighted by Gasteiger charge is -2.20. The Balaban J connectivity index is 1.71. The third-order valence-corrected chi connectivity index (χ3v) is 4.96. The molecule has 1 aliphatic rings. The van der Waals surface area contributed by atoms with Crippen LogP contribution in [-0.4, -0.2) is 29.1 Å². The molecule has 0 unspecified atom stereocenters. The second-order valence-electron chi connectivity index (χ2n) is 5.57. The van der Waals surface area contributed by atoms with E-state index < -0.39 is 0 Å². The normalized spacial score (nSPS) is 15.7. The van der Waals surface area contributed by atoms with Crippen LogP contribution in [0.25, 0.3) is 0 Å². The summed E-state index contributed by atoms with van der Waals surface area (Å²) in [6.07, 6.45) is 4.06. The number of anilines is 1. The maximum Gasteiger partial charge on any atom is 0.261 e. The maximum atomic E-state index is 12.3.